The van der Waals surface area contributed by atoms with Gasteiger partial charge in [-0.15, -0.1) is 11.3 Å². The lowest BCUT2D eigenvalue weighted by Gasteiger charge is -2.23. The van der Waals surface area contributed by atoms with E-state index in [2.05, 4.69) is 0 Å². The van der Waals surface area contributed by atoms with Gasteiger partial charge in [0.1, 0.15) is 0 Å². The summed E-state index contributed by atoms with van der Waals surface area (Å²) in [4.78, 5) is 42.2. The Balaban J connectivity index is 1.37. The standard InChI is InChI=1S/C19H24N2O3S/c22-17(21(13-7-8-13)12-14-4-3-11-25-14)9-10-20-18(23)15-5-1-2-6-16(15)19(20)24/h3-4,11,13,15-16H,1-2,5-10,12H2. The predicted octanol–water partition coefficient (Wildman–Crippen LogP) is 2.80. The Morgan fingerprint density at radius 2 is 1.80 bits per heavy atom. The monoisotopic (exact) mass is 360 g/mol. The zero-order valence-corrected chi connectivity index (χ0v) is 15.2. The summed E-state index contributed by atoms with van der Waals surface area (Å²) in [5.74, 6) is -0.271. The van der Waals surface area contributed by atoms with Gasteiger partial charge in [-0.3, -0.25) is 19.3 Å². The number of likely N-dealkylation sites (tertiary alicyclic amines) is 1. The van der Waals surface area contributed by atoms with E-state index in [1.807, 2.05) is 22.4 Å². The van der Waals surface area contributed by atoms with E-state index in [-0.39, 0.29) is 42.5 Å². The highest BCUT2D eigenvalue weighted by Crippen LogP contribution is 2.38. The van der Waals surface area contributed by atoms with Gasteiger partial charge in [-0.1, -0.05) is 18.9 Å². The third-order valence-corrected chi connectivity index (χ3v) is 6.56. The highest BCUT2D eigenvalue weighted by molar-refractivity contribution is 7.09. The van der Waals surface area contributed by atoms with Crippen LogP contribution < -0.4 is 0 Å². The Kier molecular flexibility index (Phi) is 4.63. The second kappa shape index (κ2) is 6.90. The Morgan fingerprint density at radius 3 is 2.36 bits per heavy atom. The molecule has 2 unspecified atom stereocenters. The van der Waals surface area contributed by atoms with Gasteiger partial charge in [0.25, 0.3) is 0 Å². The maximum Gasteiger partial charge on any atom is 0.233 e. The molecule has 134 valence electrons. The van der Waals surface area contributed by atoms with Crippen LogP contribution in [-0.2, 0) is 20.9 Å². The maximum absolute atomic E-state index is 12.7. The second-order valence-electron chi connectivity index (χ2n) is 7.41. The number of nitrogens with zero attached hydrogens (tertiary/aromatic N) is 2. The van der Waals surface area contributed by atoms with E-state index >= 15 is 0 Å². The van der Waals surface area contributed by atoms with Crippen molar-refractivity contribution in [2.45, 2.75) is 57.5 Å². The molecule has 2 aliphatic carbocycles. The number of hydrogen-bond acceptors (Lipinski definition) is 4. The Bertz CT molecular complexity index is 644. The van der Waals surface area contributed by atoms with Crippen molar-refractivity contribution >= 4 is 29.1 Å². The fraction of sp³-hybridized carbons (Fsp3) is 0.632. The molecular formula is C19H24N2O3S. The first-order valence-electron chi connectivity index (χ1n) is 9.32. The average Bonchev–Trinajstić information content (AvgIpc) is 3.28. The summed E-state index contributed by atoms with van der Waals surface area (Å²) in [5.41, 5.74) is 0. The van der Waals surface area contributed by atoms with Gasteiger partial charge in [0.15, 0.2) is 0 Å². The number of carbonyl (C=O) groups is 3. The van der Waals surface area contributed by atoms with Crippen molar-refractivity contribution in [2.24, 2.45) is 11.8 Å². The van der Waals surface area contributed by atoms with Crippen molar-refractivity contribution in [3.8, 4) is 0 Å². The Morgan fingerprint density at radius 1 is 1.12 bits per heavy atom. The number of carbonyl (C=O) groups excluding carboxylic acids is 3. The molecule has 1 aromatic rings. The summed E-state index contributed by atoms with van der Waals surface area (Å²) in [6.07, 6.45) is 6.08. The molecule has 3 fully saturated rings. The summed E-state index contributed by atoms with van der Waals surface area (Å²) in [6, 6.07) is 4.38. The highest BCUT2D eigenvalue weighted by Gasteiger charge is 2.48. The van der Waals surface area contributed by atoms with Crippen LogP contribution in [0.5, 0.6) is 0 Å². The number of amides is 3. The molecule has 5 nitrogen and oxygen atoms in total. The van der Waals surface area contributed by atoms with Crippen molar-refractivity contribution < 1.29 is 14.4 Å². The highest BCUT2D eigenvalue weighted by atomic mass is 32.1. The van der Waals surface area contributed by atoms with E-state index in [9.17, 15) is 14.4 Å². The van der Waals surface area contributed by atoms with Crippen LogP contribution in [0.4, 0.5) is 0 Å². The molecule has 0 aromatic carbocycles. The SMILES string of the molecule is O=C1C2CCCCC2C(=O)N1CCC(=O)N(Cc1cccs1)C1CC1. The minimum atomic E-state index is -0.123. The van der Waals surface area contributed by atoms with E-state index in [0.29, 0.717) is 12.6 Å². The third-order valence-electron chi connectivity index (χ3n) is 5.70. The molecule has 3 amide bonds. The molecule has 1 saturated heterocycles. The second-order valence-corrected chi connectivity index (χ2v) is 8.44. The molecule has 0 N–H and O–H groups in total. The van der Waals surface area contributed by atoms with Crippen LogP contribution in [0.2, 0.25) is 0 Å². The molecule has 2 saturated carbocycles. The zero-order chi connectivity index (χ0) is 17.4. The van der Waals surface area contributed by atoms with E-state index in [4.69, 9.17) is 0 Å². The first-order chi connectivity index (χ1) is 12.1. The van der Waals surface area contributed by atoms with E-state index in [1.54, 1.807) is 11.3 Å². The van der Waals surface area contributed by atoms with Crippen molar-refractivity contribution in [1.29, 1.82) is 0 Å². The van der Waals surface area contributed by atoms with Gasteiger partial charge in [0.2, 0.25) is 17.7 Å². The lowest BCUT2D eigenvalue weighted by molar-refractivity contribution is -0.141. The van der Waals surface area contributed by atoms with E-state index < -0.39 is 0 Å². The molecule has 0 spiro atoms. The van der Waals surface area contributed by atoms with Gasteiger partial charge in [-0.25, -0.2) is 0 Å². The molecular weight excluding hydrogens is 336 g/mol. The number of rotatable bonds is 6. The van der Waals surface area contributed by atoms with Crippen LogP contribution in [-0.4, -0.2) is 40.1 Å². The summed E-state index contributed by atoms with van der Waals surface area (Å²) in [6.45, 7) is 0.894. The van der Waals surface area contributed by atoms with Crippen LogP contribution in [0.1, 0.15) is 49.8 Å². The summed E-state index contributed by atoms with van der Waals surface area (Å²) in [5, 5.41) is 2.02. The first-order valence-corrected chi connectivity index (χ1v) is 10.2. The van der Waals surface area contributed by atoms with Crippen LogP contribution in [0.25, 0.3) is 0 Å². The molecule has 6 heteroatoms. The average molecular weight is 360 g/mol. The van der Waals surface area contributed by atoms with Gasteiger partial charge in [-0.05, 0) is 37.1 Å². The van der Waals surface area contributed by atoms with Crippen molar-refractivity contribution in [1.82, 2.24) is 9.80 Å². The molecule has 0 radical (unpaired) electrons. The van der Waals surface area contributed by atoms with Crippen LogP contribution >= 0.6 is 11.3 Å². The van der Waals surface area contributed by atoms with Gasteiger partial charge in [0, 0.05) is 23.9 Å². The molecule has 1 aromatic heterocycles. The first kappa shape index (κ1) is 16.8. The van der Waals surface area contributed by atoms with E-state index in [1.165, 1.54) is 9.78 Å². The molecule has 2 heterocycles. The molecule has 2 atom stereocenters. The number of fused-ring (bicyclic) bond motifs is 1. The fourth-order valence-electron chi connectivity index (χ4n) is 4.18. The molecule has 3 aliphatic rings. The van der Waals surface area contributed by atoms with Crippen LogP contribution in [0, 0.1) is 11.8 Å². The summed E-state index contributed by atoms with van der Waals surface area (Å²) in [7, 11) is 0. The van der Waals surface area contributed by atoms with Gasteiger partial charge < -0.3 is 4.90 Å². The maximum atomic E-state index is 12.7. The van der Waals surface area contributed by atoms with Crippen LogP contribution in [0.15, 0.2) is 17.5 Å². The largest absolute Gasteiger partial charge is 0.335 e. The minimum absolute atomic E-state index is 0.0428. The topological polar surface area (TPSA) is 57.7 Å². The predicted molar refractivity (Wildman–Crippen MR) is 94.7 cm³/mol. The molecule has 1 aliphatic heterocycles. The van der Waals surface area contributed by atoms with Crippen LogP contribution in [0.3, 0.4) is 0 Å². The quantitative estimate of drug-likeness (QED) is 0.733. The molecule has 25 heavy (non-hydrogen) atoms. The molecule has 4 rings (SSSR count). The smallest absolute Gasteiger partial charge is 0.233 e. The third kappa shape index (κ3) is 3.36. The fourth-order valence-corrected chi connectivity index (χ4v) is 4.88. The Hall–Kier alpha value is -1.69. The number of hydrogen-bond donors (Lipinski definition) is 0. The number of imide groups is 1. The Labute approximate surface area is 152 Å². The normalized spacial score (nSPS) is 26.0. The minimum Gasteiger partial charge on any atom is -0.335 e. The molecule has 0 bridgehead atoms. The van der Waals surface area contributed by atoms with Gasteiger partial charge in [-0.2, -0.15) is 0 Å². The van der Waals surface area contributed by atoms with Crippen molar-refractivity contribution in [3.63, 3.8) is 0 Å². The van der Waals surface area contributed by atoms with E-state index in [0.717, 1.165) is 38.5 Å². The summed E-state index contributed by atoms with van der Waals surface area (Å²) >= 11 is 1.66. The number of thiophene rings is 1. The zero-order valence-electron chi connectivity index (χ0n) is 14.4. The van der Waals surface area contributed by atoms with Gasteiger partial charge >= 0.3 is 0 Å². The van der Waals surface area contributed by atoms with Crippen molar-refractivity contribution in [3.05, 3.63) is 22.4 Å². The lowest BCUT2D eigenvalue weighted by Crippen LogP contribution is -2.38. The van der Waals surface area contributed by atoms with Gasteiger partial charge in [0.05, 0.1) is 18.4 Å². The lowest BCUT2D eigenvalue weighted by atomic mass is 9.81. The summed E-state index contributed by atoms with van der Waals surface area (Å²) < 4.78 is 0. The van der Waals surface area contributed by atoms with Crippen molar-refractivity contribution in [2.75, 3.05) is 6.54 Å².